The topological polar surface area (TPSA) is 38.5 Å². The van der Waals surface area contributed by atoms with E-state index in [9.17, 15) is 0 Å². The first-order valence-electron chi connectivity index (χ1n) is 5.82. The third kappa shape index (κ3) is 2.47. The van der Waals surface area contributed by atoms with Crippen LogP contribution in [-0.4, -0.2) is 13.1 Å². The van der Waals surface area contributed by atoms with Gasteiger partial charge in [-0.25, -0.2) is 0 Å². The van der Waals surface area contributed by atoms with E-state index in [-0.39, 0.29) is 0 Å². The molecule has 1 fully saturated rings. The van der Waals surface area contributed by atoms with Gasteiger partial charge in [-0.15, -0.1) is 0 Å². The molecule has 0 spiro atoms. The Kier molecular flexibility index (Phi) is 3.06. The molecule has 1 aromatic carbocycles. The second-order valence-electron chi connectivity index (χ2n) is 5.26. The average Bonchev–Trinajstić information content (AvgIpc) is 2.29. The summed E-state index contributed by atoms with van der Waals surface area (Å²) in [6, 6.07) is 7.96. The Morgan fingerprint density at radius 2 is 1.69 bits per heavy atom. The highest BCUT2D eigenvalue weighted by Crippen LogP contribution is 2.32. The lowest BCUT2D eigenvalue weighted by molar-refractivity contribution is 0.280. The largest absolute Gasteiger partial charge is 0.412 e. The lowest BCUT2D eigenvalue weighted by Crippen LogP contribution is -2.37. The molecule has 0 unspecified atom stereocenters. The molecule has 1 heterocycles. The summed E-state index contributed by atoms with van der Waals surface area (Å²) >= 11 is 0. The number of benzene rings is 1. The summed E-state index contributed by atoms with van der Waals surface area (Å²) in [6.45, 7) is 6.96. The van der Waals surface area contributed by atoms with Gasteiger partial charge >= 0.3 is 0 Å². The average molecular weight is 220 g/mol. The van der Waals surface area contributed by atoms with Crippen LogP contribution in [0.15, 0.2) is 24.3 Å². The molecule has 0 aromatic heterocycles. The molecule has 1 aliphatic rings. The predicted molar refractivity (Wildman–Crippen MR) is 66.5 cm³/mol. The van der Waals surface area contributed by atoms with Gasteiger partial charge in [0, 0.05) is 18.8 Å². The first kappa shape index (κ1) is 11.3. The van der Waals surface area contributed by atoms with Crippen LogP contribution >= 0.6 is 0 Å². The first-order valence-corrected chi connectivity index (χ1v) is 5.82. The van der Waals surface area contributed by atoms with Crippen molar-refractivity contribution < 1.29 is 4.84 Å². The molecule has 3 nitrogen and oxygen atoms in total. The lowest BCUT2D eigenvalue weighted by atomic mass is 9.82. The van der Waals surface area contributed by atoms with Crippen LogP contribution in [0.2, 0.25) is 0 Å². The van der Waals surface area contributed by atoms with E-state index in [1.165, 1.54) is 18.5 Å². The summed E-state index contributed by atoms with van der Waals surface area (Å²) in [5, 5.41) is 0. The molecule has 0 amide bonds. The Labute approximate surface area is 97.1 Å². The third-order valence-corrected chi connectivity index (χ3v) is 3.45. The minimum Gasteiger partial charge on any atom is -0.412 e. The second kappa shape index (κ2) is 4.34. The van der Waals surface area contributed by atoms with E-state index in [0.717, 1.165) is 13.1 Å². The first-order chi connectivity index (χ1) is 7.61. The standard InChI is InChI=1S/C13H20N2O/c1-13(2)7-9-15(10-8-13)11-3-5-12(16-14)6-4-11/h3-6H,7-10,14H2,1-2H3. The molecule has 88 valence electrons. The van der Waals surface area contributed by atoms with Crippen LogP contribution in [0, 0.1) is 5.41 Å². The third-order valence-electron chi connectivity index (χ3n) is 3.45. The van der Waals surface area contributed by atoms with E-state index >= 15 is 0 Å². The van der Waals surface area contributed by atoms with Crippen molar-refractivity contribution in [3.05, 3.63) is 24.3 Å². The van der Waals surface area contributed by atoms with Gasteiger partial charge in [0.2, 0.25) is 0 Å². The van der Waals surface area contributed by atoms with Crippen molar-refractivity contribution in [3.63, 3.8) is 0 Å². The zero-order valence-corrected chi connectivity index (χ0v) is 10.1. The molecule has 0 aliphatic carbocycles. The molecule has 0 atom stereocenters. The van der Waals surface area contributed by atoms with Crippen LogP contribution in [0.4, 0.5) is 5.69 Å². The molecule has 1 saturated heterocycles. The fraction of sp³-hybridized carbons (Fsp3) is 0.538. The highest BCUT2D eigenvalue weighted by atomic mass is 16.6. The molecule has 1 aliphatic heterocycles. The Balaban J connectivity index is 2.03. The number of hydrogen-bond acceptors (Lipinski definition) is 3. The van der Waals surface area contributed by atoms with Crippen LogP contribution in [-0.2, 0) is 0 Å². The van der Waals surface area contributed by atoms with Gasteiger partial charge in [0.15, 0.2) is 0 Å². The van der Waals surface area contributed by atoms with E-state index in [1.807, 2.05) is 12.1 Å². The molecule has 0 radical (unpaired) electrons. The molecular formula is C13H20N2O. The van der Waals surface area contributed by atoms with Gasteiger partial charge in [0.25, 0.3) is 0 Å². The maximum absolute atomic E-state index is 5.10. The number of nitrogens with zero attached hydrogens (tertiary/aromatic N) is 1. The van der Waals surface area contributed by atoms with Crippen molar-refractivity contribution in [1.29, 1.82) is 0 Å². The summed E-state index contributed by atoms with van der Waals surface area (Å²) < 4.78 is 0. The summed E-state index contributed by atoms with van der Waals surface area (Å²) in [6.07, 6.45) is 2.50. The van der Waals surface area contributed by atoms with Crippen molar-refractivity contribution in [2.75, 3.05) is 18.0 Å². The number of piperidine rings is 1. The second-order valence-corrected chi connectivity index (χ2v) is 5.26. The smallest absolute Gasteiger partial charge is 0.146 e. The van der Waals surface area contributed by atoms with Crippen molar-refractivity contribution in [2.45, 2.75) is 26.7 Å². The zero-order valence-electron chi connectivity index (χ0n) is 10.1. The van der Waals surface area contributed by atoms with Crippen molar-refractivity contribution in [3.8, 4) is 5.75 Å². The number of hydrogen-bond donors (Lipinski definition) is 1. The Hall–Kier alpha value is -1.22. The molecule has 0 saturated carbocycles. The molecular weight excluding hydrogens is 200 g/mol. The highest BCUT2D eigenvalue weighted by Gasteiger charge is 2.25. The maximum Gasteiger partial charge on any atom is 0.146 e. The summed E-state index contributed by atoms with van der Waals surface area (Å²) in [5.74, 6) is 5.81. The molecule has 3 heteroatoms. The Morgan fingerprint density at radius 3 is 2.19 bits per heavy atom. The minimum absolute atomic E-state index is 0.497. The number of nitrogens with two attached hydrogens (primary N) is 1. The fourth-order valence-corrected chi connectivity index (χ4v) is 2.11. The van der Waals surface area contributed by atoms with Gasteiger partial charge < -0.3 is 9.74 Å². The predicted octanol–water partition coefficient (Wildman–Crippen LogP) is 2.57. The van der Waals surface area contributed by atoms with E-state index < -0.39 is 0 Å². The molecule has 2 N–H and O–H groups in total. The monoisotopic (exact) mass is 220 g/mol. The maximum atomic E-state index is 5.10. The van der Waals surface area contributed by atoms with E-state index in [2.05, 4.69) is 35.7 Å². The van der Waals surface area contributed by atoms with Crippen LogP contribution in [0.5, 0.6) is 5.75 Å². The van der Waals surface area contributed by atoms with E-state index in [0.29, 0.717) is 11.2 Å². The lowest BCUT2D eigenvalue weighted by Gasteiger charge is -2.38. The van der Waals surface area contributed by atoms with Crippen LogP contribution in [0.1, 0.15) is 26.7 Å². The van der Waals surface area contributed by atoms with Crippen LogP contribution in [0.25, 0.3) is 0 Å². The van der Waals surface area contributed by atoms with Gasteiger partial charge in [-0.05, 0) is 42.5 Å². The normalized spacial score (nSPS) is 19.6. The summed E-state index contributed by atoms with van der Waals surface area (Å²) in [5.41, 5.74) is 1.76. The highest BCUT2D eigenvalue weighted by molar-refractivity contribution is 5.49. The fourth-order valence-electron chi connectivity index (χ4n) is 2.11. The SMILES string of the molecule is CC1(C)CCN(c2ccc(ON)cc2)CC1. The number of rotatable bonds is 2. The van der Waals surface area contributed by atoms with Gasteiger partial charge in [-0.1, -0.05) is 13.8 Å². The Bertz CT molecular complexity index is 335. The van der Waals surface area contributed by atoms with Gasteiger partial charge in [-0.2, -0.15) is 5.90 Å². The molecule has 2 rings (SSSR count). The molecule has 16 heavy (non-hydrogen) atoms. The van der Waals surface area contributed by atoms with Crippen molar-refractivity contribution in [1.82, 2.24) is 0 Å². The van der Waals surface area contributed by atoms with Gasteiger partial charge in [0.05, 0.1) is 0 Å². The molecule has 0 bridgehead atoms. The quantitative estimate of drug-likeness (QED) is 0.778. The minimum atomic E-state index is 0.497. The molecule has 1 aromatic rings. The zero-order chi connectivity index (χ0) is 11.6. The van der Waals surface area contributed by atoms with E-state index in [4.69, 9.17) is 5.90 Å². The van der Waals surface area contributed by atoms with Gasteiger partial charge in [0.1, 0.15) is 5.75 Å². The van der Waals surface area contributed by atoms with E-state index in [1.54, 1.807) is 0 Å². The Morgan fingerprint density at radius 1 is 1.12 bits per heavy atom. The summed E-state index contributed by atoms with van der Waals surface area (Å²) in [4.78, 5) is 7.09. The number of anilines is 1. The van der Waals surface area contributed by atoms with Crippen LogP contribution in [0.3, 0.4) is 0 Å². The van der Waals surface area contributed by atoms with Crippen molar-refractivity contribution >= 4 is 5.69 Å². The summed E-state index contributed by atoms with van der Waals surface area (Å²) in [7, 11) is 0. The van der Waals surface area contributed by atoms with Crippen molar-refractivity contribution in [2.24, 2.45) is 11.3 Å². The van der Waals surface area contributed by atoms with Crippen LogP contribution < -0.4 is 15.6 Å². The van der Waals surface area contributed by atoms with Gasteiger partial charge in [-0.3, -0.25) is 0 Å².